The zero-order valence-electron chi connectivity index (χ0n) is 9.58. The molecule has 1 fully saturated rings. The molecular formula is C12H22O3. The molecule has 1 saturated carbocycles. The van der Waals surface area contributed by atoms with Gasteiger partial charge in [-0.25, -0.2) is 0 Å². The molecule has 1 aliphatic rings. The summed E-state index contributed by atoms with van der Waals surface area (Å²) in [5.74, 6) is 0.403. The Bertz CT molecular complexity index is 181. The van der Waals surface area contributed by atoms with E-state index in [9.17, 15) is 9.90 Å². The van der Waals surface area contributed by atoms with Crippen molar-refractivity contribution in [1.29, 1.82) is 0 Å². The lowest BCUT2D eigenvalue weighted by molar-refractivity contribution is -0.144. The van der Waals surface area contributed by atoms with E-state index in [0.29, 0.717) is 18.9 Å². The van der Waals surface area contributed by atoms with Gasteiger partial charge in [0.2, 0.25) is 0 Å². The Labute approximate surface area is 91.8 Å². The van der Waals surface area contributed by atoms with Crippen molar-refractivity contribution in [1.82, 2.24) is 0 Å². The summed E-state index contributed by atoms with van der Waals surface area (Å²) in [6.45, 7) is 2.32. The minimum atomic E-state index is -0.117. The maximum atomic E-state index is 11.3. The van der Waals surface area contributed by atoms with Crippen LogP contribution in [-0.4, -0.2) is 23.8 Å². The van der Waals surface area contributed by atoms with Crippen molar-refractivity contribution >= 4 is 5.97 Å². The number of aliphatic hydroxyl groups is 1. The minimum absolute atomic E-state index is 0.0661. The van der Waals surface area contributed by atoms with Gasteiger partial charge in [0.25, 0.3) is 0 Å². The predicted octanol–water partition coefficient (Wildman–Crippen LogP) is 2.27. The molecule has 88 valence electrons. The molecule has 15 heavy (non-hydrogen) atoms. The Hall–Kier alpha value is -0.570. The van der Waals surface area contributed by atoms with E-state index < -0.39 is 0 Å². The number of ether oxygens (including phenoxy) is 1. The second-order valence-corrected chi connectivity index (χ2v) is 4.39. The fourth-order valence-corrected chi connectivity index (χ4v) is 2.23. The molecule has 1 rings (SSSR count). The van der Waals surface area contributed by atoms with Crippen LogP contribution >= 0.6 is 0 Å². The highest BCUT2D eigenvalue weighted by molar-refractivity contribution is 5.69. The molecule has 0 bridgehead atoms. The van der Waals surface area contributed by atoms with E-state index in [2.05, 4.69) is 0 Å². The van der Waals surface area contributed by atoms with E-state index in [0.717, 1.165) is 38.5 Å². The third kappa shape index (κ3) is 5.17. The zero-order valence-corrected chi connectivity index (χ0v) is 9.58. The van der Waals surface area contributed by atoms with Crippen molar-refractivity contribution in [2.45, 2.75) is 58.0 Å². The number of rotatable bonds is 3. The summed E-state index contributed by atoms with van der Waals surface area (Å²) in [6.07, 6.45) is 6.39. The van der Waals surface area contributed by atoms with Crippen molar-refractivity contribution in [3.05, 3.63) is 0 Å². The maximum absolute atomic E-state index is 11.3. The average molecular weight is 214 g/mol. The van der Waals surface area contributed by atoms with Crippen molar-refractivity contribution in [2.24, 2.45) is 5.92 Å². The van der Waals surface area contributed by atoms with Crippen LogP contribution in [0.25, 0.3) is 0 Å². The van der Waals surface area contributed by atoms with E-state index in [-0.39, 0.29) is 12.1 Å². The van der Waals surface area contributed by atoms with Crippen LogP contribution in [0.15, 0.2) is 0 Å². The van der Waals surface area contributed by atoms with Gasteiger partial charge in [-0.3, -0.25) is 4.79 Å². The molecule has 0 aliphatic heterocycles. The second-order valence-electron chi connectivity index (χ2n) is 4.39. The smallest absolute Gasteiger partial charge is 0.306 e. The molecule has 0 aromatic rings. The highest BCUT2D eigenvalue weighted by atomic mass is 16.5. The SMILES string of the molecule is CCOC(=O)CC1CCCC(O)CCC1. The molecular weight excluding hydrogens is 192 g/mol. The van der Waals surface area contributed by atoms with Crippen LogP contribution in [-0.2, 0) is 9.53 Å². The van der Waals surface area contributed by atoms with Crippen LogP contribution in [0.2, 0.25) is 0 Å². The van der Waals surface area contributed by atoms with Gasteiger partial charge < -0.3 is 9.84 Å². The van der Waals surface area contributed by atoms with Gasteiger partial charge >= 0.3 is 5.97 Å². The standard InChI is InChI=1S/C12H22O3/c1-2-15-12(14)9-10-5-3-7-11(13)8-4-6-10/h10-11,13H,2-9H2,1H3. The molecule has 1 N–H and O–H groups in total. The molecule has 0 spiro atoms. The van der Waals surface area contributed by atoms with Gasteiger partial charge in [-0.1, -0.05) is 12.8 Å². The van der Waals surface area contributed by atoms with Crippen molar-refractivity contribution in [3.63, 3.8) is 0 Å². The van der Waals surface area contributed by atoms with Gasteiger partial charge in [-0.15, -0.1) is 0 Å². The minimum Gasteiger partial charge on any atom is -0.466 e. The Morgan fingerprint density at radius 2 is 1.87 bits per heavy atom. The number of carbonyl (C=O) groups excluding carboxylic acids is 1. The van der Waals surface area contributed by atoms with Gasteiger partial charge in [-0.05, 0) is 38.5 Å². The molecule has 0 amide bonds. The first-order valence-electron chi connectivity index (χ1n) is 6.06. The summed E-state index contributed by atoms with van der Waals surface area (Å²) in [4.78, 5) is 11.3. The third-order valence-corrected chi connectivity index (χ3v) is 3.06. The molecule has 0 atom stereocenters. The quantitative estimate of drug-likeness (QED) is 0.733. The molecule has 0 unspecified atom stereocenters. The summed E-state index contributed by atoms with van der Waals surface area (Å²) in [5.41, 5.74) is 0. The number of aliphatic hydroxyl groups excluding tert-OH is 1. The molecule has 3 heteroatoms. The predicted molar refractivity (Wildman–Crippen MR) is 58.4 cm³/mol. The van der Waals surface area contributed by atoms with Crippen LogP contribution in [0.5, 0.6) is 0 Å². The molecule has 0 aromatic heterocycles. The van der Waals surface area contributed by atoms with Crippen molar-refractivity contribution < 1.29 is 14.6 Å². The van der Waals surface area contributed by atoms with Crippen molar-refractivity contribution in [2.75, 3.05) is 6.61 Å². The Balaban J connectivity index is 2.26. The Morgan fingerprint density at radius 1 is 1.27 bits per heavy atom. The highest BCUT2D eigenvalue weighted by Gasteiger charge is 2.18. The molecule has 3 nitrogen and oxygen atoms in total. The summed E-state index contributed by atoms with van der Waals surface area (Å²) in [5, 5.41) is 9.47. The highest BCUT2D eigenvalue weighted by Crippen LogP contribution is 2.25. The molecule has 0 aromatic carbocycles. The summed E-state index contributed by atoms with van der Waals surface area (Å²) >= 11 is 0. The topological polar surface area (TPSA) is 46.5 Å². The lowest BCUT2D eigenvalue weighted by Gasteiger charge is -2.21. The Kier molecular flexibility index (Phi) is 5.69. The van der Waals surface area contributed by atoms with Gasteiger partial charge in [-0.2, -0.15) is 0 Å². The first kappa shape index (κ1) is 12.5. The first-order valence-corrected chi connectivity index (χ1v) is 6.06. The van der Waals surface area contributed by atoms with E-state index in [1.54, 1.807) is 0 Å². The number of hydrogen-bond donors (Lipinski definition) is 1. The molecule has 0 heterocycles. The largest absolute Gasteiger partial charge is 0.466 e. The lowest BCUT2D eigenvalue weighted by atomic mass is 9.88. The lowest BCUT2D eigenvalue weighted by Crippen LogP contribution is -2.16. The van der Waals surface area contributed by atoms with E-state index >= 15 is 0 Å². The third-order valence-electron chi connectivity index (χ3n) is 3.06. The van der Waals surface area contributed by atoms with Crippen LogP contribution < -0.4 is 0 Å². The van der Waals surface area contributed by atoms with Crippen molar-refractivity contribution in [3.8, 4) is 0 Å². The van der Waals surface area contributed by atoms with E-state index in [4.69, 9.17) is 4.74 Å². The monoisotopic (exact) mass is 214 g/mol. The van der Waals surface area contributed by atoms with Crippen LogP contribution in [0, 0.1) is 5.92 Å². The van der Waals surface area contributed by atoms with E-state index in [1.807, 2.05) is 6.92 Å². The van der Waals surface area contributed by atoms with Gasteiger partial charge in [0, 0.05) is 6.42 Å². The fraction of sp³-hybridized carbons (Fsp3) is 0.917. The van der Waals surface area contributed by atoms with Gasteiger partial charge in [0.15, 0.2) is 0 Å². The van der Waals surface area contributed by atoms with Crippen LogP contribution in [0.3, 0.4) is 0 Å². The van der Waals surface area contributed by atoms with Crippen LogP contribution in [0.4, 0.5) is 0 Å². The summed E-state index contributed by atoms with van der Waals surface area (Å²) in [6, 6.07) is 0. The second kappa shape index (κ2) is 6.83. The zero-order chi connectivity index (χ0) is 11.1. The van der Waals surface area contributed by atoms with E-state index in [1.165, 1.54) is 0 Å². The number of esters is 1. The molecule has 0 radical (unpaired) electrons. The maximum Gasteiger partial charge on any atom is 0.306 e. The van der Waals surface area contributed by atoms with Gasteiger partial charge in [0.1, 0.15) is 0 Å². The summed E-state index contributed by atoms with van der Waals surface area (Å²) < 4.78 is 4.95. The van der Waals surface area contributed by atoms with Gasteiger partial charge in [0.05, 0.1) is 12.7 Å². The normalized spacial score (nSPS) is 27.9. The Morgan fingerprint density at radius 3 is 2.40 bits per heavy atom. The number of carbonyl (C=O) groups is 1. The fourth-order valence-electron chi connectivity index (χ4n) is 2.23. The van der Waals surface area contributed by atoms with Crippen LogP contribution in [0.1, 0.15) is 51.9 Å². The number of hydrogen-bond acceptors (Lipinski definition) is 3. The summed E-state index contributed by atoms with van der Waals surface area (Å²) in [7, 11) is 0. The average Bonchev–Trinajstić information content (AvgIpc) is 2.14. The molecule has 0 saturated heterocycles. The first-order chi connectivity index (χ1) is 7.22. The molecule has 1 aliphatic carbocycles.